The van der Waals surface area contributed by atoms with Crippen molar-refractivity contribution in [3.05, 3.63) is 80.2 Å². The Labute approximate surface area is 153 Å². The molecule has 0 unspecified atom stereocenters. The number of carbonyl (C=O) groups excluding carboxylic acids is 1. The van der Waals surface area contributed by atoms with Gasteiger partial charge in [-0.15, -0.1) is 0 Å². The Morgan fingerprint density at radius 2 is 1.85 bits per heavy atom. The fourth-order valence-electron chi connectivity index (χ4n) is 3.21. The lowest BCUT2D eigenvalue weighted by molar-refractivity contribution is 0.0601. The Morgan fingerprint density at radius 3 is 2.48 bits per heavy atom. The first-order valence-electron chi connectivity index (χ1n) is 8.61. The summed E-state index contributed by atoms with van der Waals surface area (Å²) in [6, 6.07) is 10.3. The van der Waals surface area contributed by atoms with Gasteiger partial charge in [-0.05, 0) is 48.7 Å². The number of halogens is 1. The standard InChI is InChI=1S/C20H17FN2O4/c1-27-19(25)13-4-9-16-17(10-13)22(11-12-2-5-14(21)6-3-12)20(26)23(18(16)24)15-7-8-15/h2-6,9-10,15H,7-8,11H2,1H3. The summed E-state index contributed by atoms with van der Waals surface area (Å²) in [6.07, 6.45) is 1.58. The van der Waals surface area contributed by atoms with Gasteiger partial charge in [-0.1, -0.05) is 12.1 Å². The third-order valence-corrected chi connectivity index (χ3v) is 4.76. The summed E-state index contributed by atoms with van der Waals surface area (Å²) < 4.78 is 20.7. The SMILES string of the molecule is COC(=O)c1ccc2c(=O)n(C3CC3)c(=O)n(Cc3ccc(F)cc3)c2c1. The molecule has 2 aromatic carbocycles. The number of benzene rings is 2. The maximum Gasteiger partial charge on any atom is 0.337 e. The van der Waals surface area contributed by atoms with E-state index >= 15 is 0 Å². The van der Waals surface area contributed by atoms with Gasteiger partial charge in [-0.25, -0.2) is 14.0 Å². The average Bonchev–Trinajstić information content (AvgIpc) is 3.50. The van der Waals surface area contributed by atoms with Crippen LogP contribution >= 0.6 is 0 Å². The Kier molecular flexibility index (Phi) is 4.14. The molecule has 1 aliphatic rings. The van der Waals surface area contributed by atoms with E-state index in [2.05, 4.69) is 0 Å². The molecule has 1 heterocycles. The number of nitrogens with zero attached hydrogens (tertiary/aromatic N) is 2. The second kappa shape index (κ2) is 6.50. The maximum atomic E-state index is 13.2. The van der Waals surface area contributed by atoms with Crippen LogP contribution in [-0.2, 0) is 11.3 Å². The number of rotatable bonds is 4. The van der Waals surface area contributed by atoms with Crippen LogP contribution in [0.5, 0.6) is 0 Å². The van der Waals surface area contributed by atoms with Crippen LogP contribution in [0.3, 0.4) is 0 Å². The molecule has 6 nitrogen and oxygen atoms in total. The van der Waals surface area contributed by atoms with Crippen molar-refractivity contribution in [1.29, 1.82) is 0 Å². The van der Waals surface area contributed by atoms with Gasteiger partial charge in [-0.3, -0.25) is 13.9 Å². The van der Waals surface area contributed by atoms with Gasteiger partial charge >= 0.3 is 11.7 Å². The van der Waals surface area contributed by atoms with Crippen LogP contribution in [0.4, 0.5) is 4.39 Å². The smallest absolute Gasteiger partial charge is 0.337 e. The summed E-state index contributed by atoms with van der Waals surface area (Å²) in [6.45, 7) is 0.160. The van der Waals surface area contributed by atoms with Gasteiger partial charge < -0.3 is 4.74 Å². The van der Waals surface area contributed by atoms with E-state index in [0.717, 1.165) is 12.8 Å². The zero-order valence-corrected chi connectivity index (χ0v) is 14.6. The van der Waals surface area contributed by atoms with E-state index in [1.807, 2.05) is 0 Å². The lowest BCUT2D eigenvalue weighted by Gasteiger charge is -2.14. The molecule has 0 saturated heterocycles. The van der Waals surface area contributed by atoms with Gasteiger partial charge in [-0.2, -0.15) is 0 Å². The molecular weight excluding hydrogens is 351 g/mol. The second-order valence-corrected chi connectivity index (χ2v) is 6.63. The summed E-state index contributed by atoms with van der Waals surface area (Å²) in [7, 11) is 1.27. The first kappa shape index (κ1) is 17.2. The zero-order valence-electron chi connectivity index (χ0n) is 14.6. The van der Waals surface area contributed by atoms with Crippen LogP contribution in [0, 0.1) is 5.82 Å². The highest BCUT2D eigenvalue weighted by Crippen LogP contribution is 2.32. The van der Waals surface area contributed by atoms with Crippen LogP contribution in [0.2, 0.25) is 0 Å². The molecule has 1 saturated carbocycles. The first-order valence-corrected chi connectivity index (χ1v) is 8.61. The monoisotopic (exact) mass is 368 g/mol. The molecular formula is C20H17FN2O4. The number of hydrogen-bond donors (Lipinski definition) is 0. The Morgan fingerprint density at radius 1 is 1.15 bits per heavy atom. The topological polar surface area (TPSA) is 70.3 Å². The molecule has 0 N–H and O–H groups in total. The fraction of sp³-hybridized carbons (Fsp3) is 0.250. The van der Waals surface area contributed by atoms with Gasteiger partial charge in [0.05, 0.1) is 30.1 Å². The molecule has 1 aromatic heterocycles. The number of aromatic nitrogens is 2. The molecule has 0 spiro atoms. The van der Waals surface area contributed by atoms with Gasteiger partial charge in [0.1, 0.15) is 5.82 Å². The van der Waals surface area contributed by atoms with Crippen LogP contribution < -0.4 is 11.2 Å². The van der Waals surface area contributed by atoms with Gasteiger partial charge in [0.2, 0.25) is 0 Å². The van der Waals surface area contributed by atoms with E-state index in [1.54, 1.807) is 18.2 Å². The molecule has 4 rings (SSSR count). The third kappa shape index (κ3) is 3.05. The minimum absolute atomic E-state index is 0.0887. The lowest BCUT2D eigenvalue weighted by Crippen LogP contribution is -2.39. The summed E-state index contributed by atoms with van der Waals surface area (Å²) in [5.41, 5.74) is 0.532. The Hall–Kier alpha value is -3.22. The lowest BCUT2D eigenvalue weighted by atomic mass is 10.1. The van der Waals surface area contributed by atoms with E-state index in [4.69, 9.17) is 4.74 Å². The third-order valence-electron chi connectivity index (χ3n) is 4.76. The van der Waals surface area contributed by atoms with E-state index in [0.29, 0.717) is 16.5 Å². The van der Waals surface area contributed by atoms with Gasteiger partial charge in [0.15, 0.2) is 0 Å². The molecule has 1 aliphatic carbocycles. The largest absolute Gasteiger partial charge is 0.465 e. The van der Waals surface area contributed by atoms with Crippen molar-refractivity contribution in [2.24, 2.45) is 0 Å². The molecule has 0 aliphatic heterocycles. The number of hydrogen-bond acceptors (Lipinski definition) is 4. The van der Waals surface area contributed by atoms with Crippen molar-refractivity contribution in [1.82, 2.24) is 9.13 Å². The highest BCUT2D eigenvalue weighted by molar-refractivity contribution is 5.94. The van der Waals surface area contributed by atoms with Crippen molar-refractivity contribution in [2.45, 2.75) is 25.4 Å². The average molecular weight is 368 g/mol. The number of esters is 1. The fourth-order valence-corrected chi connectivity index (χ4v) is 3.21. The first-order chi connectivity index (χ1) is 13.0. The highest BCUT2D eigenvalue weighted by Gasteiger charge is 2.29. The van der Waals surface area contributed by atoms with Crippen LogP contribution in [0.15, 0.2) is 52.1 Å². The van der Waals surface area contributed by atoms with E-state index in [-0.39, 0.29) is 29.5 Å². The van der Waals surface area contributed by atoms with Gasteiger partial charge in [0.25, 0.3) is 5.56 Å². The molecule has 0 radical (unpaired) electrons. The molecule has 0 atom stereocenters. The summed E-state index contributed by atoms with van der Waals surface area (Å²) in [5, 5.41) is 0.358. The predicted octanol–water partition coefficient (Wildman–Crippen LogP) is 2.47. The molecule has 7 heteroatoms. The molecule has 0 bridgehead atoms. The summed E-state index contributed by atoms with van der Waals surface area (Å²) in [4.78, 5) is 37.7. The zero-order chi connectivity index (χ0) is 19.1. The van der Waals surface area contributed by atoms with Crippen molar-refractivity contribution in [3.8, 4) is 0 Å². The second-order valence-electron chi connectivity index (χ2n) is 6.63. The minimum Gasteiger partial charge on any atom is -0.465 e. The quantitative estimate of drug-likeness (QED) is 0.664. The van der Waals surface area contributed by atoms with Crippen molar-refractivity contribution in [2.75, 3.05) is 7.11 Å². The van der Waals surface area contributed by atoms with Crippen molar-refractivity contribution >= 4 is 16.9 Å². The van der Waals surface area contributed by atoms with E-state index < -0.39 is 11.7 Å². The van der Waals surface area contributed by atoms with Gasteiger partial charge in [0, 0.05) is 6.04 Å². The Balaban J connectivity index is 1.97. The van der Waals surface area contributed by atoms with Crippen LogP contribution in [0.25, 0.3) is 10.9 Å². The molecule has 0 amide bonds. The Bertz CT molecular complexity index is 1160. The van der Waals surface area contributed by atoms with Crippen molar-refractivity contribution in [3.63, 3.8) is 0 Å². The summed E-state index contributed by atoms with van der Waals surface area (Å²) in [5.74, 6) is -0.920. The molecule has 27 heavy (non-hydrogen) atoms. The number of carbonyl (C=O) groups is 1. The predicted molar refractivity (Wildman–Crippen MR) is 97.6 cm³/mol. The minimum atomic E-state index is -0.552. The number of fused-ring (bicyclic) bond motifs is 1. The van der Waals surface area contributed by atoms with E-state index in [1.165, 1.54) is 40.5 Å². The molecule has 1 fully saturated rings. The maximum absolute atomic E-state index is 13.2. The van der Waals surface area contributed by atoms with Crippen molar-refractivity contribution < 1.29 is 13.9 Å². The molecule has 138 valence electrons. The normalized spacial score (nSPS) is 13.7. The van der Waals surface area contributed by atoms with Crippen LogP contribution in [-0.4, -0.2) is 22.2 Å². The number of ether oxygens (including phenoxy) is 1. The van der Waals surface area contributed by atoms with Crippen LogP contribution in [0.1, 0.15) is 34.8 Å². The van der Waals surface area contributed by atoms with E-state index in [9.17, 15) is 18.8 Å². The molecule has 3 aromatic rings. The number of methoxy groups -OCH3 is 1. The summed E-state index contributed by atoms with van der Waals surface area (Å²) >= 11 is 0. The highest BCUT2D eigenvalue weighted by atomic mass is 19.1.